The fraction of sp³-hybridized carbons (Fsp3) is 0.444. The van der Waals surface area contributed by atoms with Gasteiger partial charge in [-0.1, -0.05) is 31.9 Å². The van der Waals surface area contributed by atoms with Gasteiger partial charge in [-0.15, -0.1) is 0 Å². The summed E-state index contributed by atoms with van der Waals surface area (Å²) in [6.45, 7) is 6.46. The topological polar surface area (TPSA) is 75.9 Å². The second-order valence-corrected chi connectivity index (χ2v) is 9.09. The summed E-state index contributed by atoms with van der Waals surface area (Å²) in [6, 6.07) is 11.3. The van der Waals surface area contributed by atoms with Crippen LogP contribution in [-0.4, -0.2) is 45.7 Å². The maximum absolute atomic E-state index is 13.1. The van der Waals surface area contributed by atoms with Crippen molar-refractivity contribution in [1.29, 1.82) is 0 Å². The number of rotatable bonds is 9. The van der Waals surface area contributed by atoms with Crippen LogP contribution in [0.2, 0.25) is 0 Å². The number of amides is 2. The first kappa shape index (κ1) is 23.8. The third-order valence-electron chi connectivity index (χ3n) is 6.35. The van der Waals surface area contributed by atoms with E-state index < -0.39 is 0 Å². The lowest BCUT2D eigenvalue weighted by atomic mass is 9.95. The van der Waals surface area contributed by atoms with Crippen LogP contribution in [-0.2, 0) is 11.4 Å². The molecule has 0 saturated carbocycles. The van der Waals surface area contributed by atoms with Crippen LogP contribution >= 0.6 is 0 Å². The second kappa shape index (κ2) is 11.2. The van der Waals surface area contributed by atoms with Crippen molar-refractivity contribution in [1.82, 2.24) is 19.6 Å². The van der Waals surface area contributed by atoms with Crippen molar-refractivity contribution in [2.75, 3.05) is 19.6 Å². The summed E-state index contributed by atoms with van der Waals surface area (Å²) in [4.78, 5) is 31.8. The van der Waals surface area contributed by atoms with E-state index in [-0.39, 0.29) is 17.7 Å². The van der Waals surface area contributed by atoms with Gasteiger partial charge in [0.05, 0.1) is 5.69 Å². The average molecular weight is 463 g/mol. The van der Waals surface area contributed by atoms with Crippen molar-refractivity contribution in [3.63, 3.8) is 0 Å². The molecule has 2 amide bonds. The molecule has 4 rings (SSSR count). The number of fused-ring (bicyclic) bond motifs is 1. The van der Waals surface area contributed by atoms with Crippen LogP contribution < -0.4 is 10.1 Å². The largest absolute Gasteiger partial charge is 0.487 e. The van der Waals surface area contributed by atoms with Crippen molar-refractivity contribution >= 4 is 17.5 Å². The van der Waals surface area contributed by atoms with E-state index in [1.807, 2.05) is 58.9 Å². The highest BCUT2D eigenvalue weighted by Crippen LogP contribution is 2.22. The molecule has 2 aromatic heterocycles. The van der Waals surface area contributed by atoms with Gasteiger partial charge in [0.2, 0.25) is 5.91 Å². The number of piperidine rings is 1. The van der Waals surface area contributed by atoms with Crippen molar-refractivity contribution < 1.29 is 14.3 Å². The Hall–Kier alpha value is -3.35. The summed E-state index contributed by atoms with van der Waals surface area (Å²) in [5.74, 6) is 0.742. The van der Waals surface area contributed by atoms with E-state index in [4.69, 9.17) is 4.74 Å². The predicted octanol–water partition coefficient (Wildman–Crippen LogP) is 4.38. The monoisotopic (exact) mass is 462 g/mol. The first-order valence-electron chi connectivity index (χ1n) is 12.3. The summed E-state index contributed by atoms with van der Waals surface area (Å²) in [5, 5.41) is 3.04. The molecular weight excluding hydrogens is 428 g/mol. The smallest absolute Gasteiger partial charge is 0.253 e. The third kappa shape index (κ3) is 5.95. The second-order valence-electron chi connectivity index (χ2n) is 9.09. The molecule has 1 aliphatic heterocycles. The predicted molar refractivity (Wildman–Crippen MR) is 132 cm³/mol. The first-order valence-corrected chi connectivity index (χ1v) is 12.3. The third-order valence-corrected chi connectivity index (χ3v) is 6.35. The summed E-state index contributed by atoms with van der Waals surface area (Å²) < 4.78 is 7.92. The zero-order valence-electron chi connectivity index (χ0n) is 20.1. The minimum absolute atomic E-state index is 0.00504. The number of nitrogens with zero attached hydrogens (tertiary/aromatic N) is 3. The van der Waals surface area contributed by atoms with Gasteiger partial charge < -0.3 is 19.4 Å². The molecule has 34 heavy (non-hydrogen) atoms. The van der Waals surface area contributed by atoms with Gasteiger partial charge in [-0.25, -0.2) is 4.98 Å². The van der Waals surface area contributed by atoms with E-state index in [1.54, 1.807) is 6.07 Å². The normalized spacial score (nSPS) is 14.4. The molecule has 0 radical (unpaired) electrons. The van der Waals surface area contributed by atoms with Crippen molar-refractivity contribution in [3.8, 4) is 5.75 Å². The molecule has 1 saturated heterocycles. The number of hydrogen-bond donors (Lipinski definition) is 1. The lowest BCUT2D eigenvalue weighted by molar-refractivity contribution is -0.126. The zero-order chi connectivity index (χ0) is 23.9. The molecular formula is C27H34N4O3. The molecule has 0 bridgehead atoms. The maximum Gasteiger partial charge on any atom is 0.253 e. The van der Waals surface area contributed by atoms with Crippen molar-refractivity contribution in [2.45, 2.75) is 52.6 Å². The van der Waals surface area contributed by atoms with Gasteiger partial charge >= 0.3 is 0 Å². The van der Waals surface area contributed by atoms with E-state index in [0.29, 0.717) is 43.9 Å². The molecule has 7 nitrogen and oxygen atoms in total. The molecule has 1 aliphatic rings. The Labute approximate surface area is 201 Å². The van der Waals surface area contributed by atoms with Gasteiger partial charge in [-0.2, -0.15) is 0 Å². The molecule has 1 aromatic carbocycles. The van der Waals surface area contributed by atoms with Gasteiger partial charge in [-0.3, -0.25) is 9.59 Å². The number of carbonyl (C=O) groups excluding carboxylic acids is 2. The Morgan fingerprint density at radius 3 is 2.74 bits per heavy atom. The number of unbranched alkanes of at least 4 members (excludes halogenated alkanes) is 2. The van der Waals surface area contributed by atoms with Crippen LogP contribution in [0.4, 0.5) is 0 Å². The van der Waals surface area contributed by atoms with Gasteiger partial charge in [0, 0.05) is 43.5 Å². The quantitative estimate of drug-likeness (QED) is 0.479. The maximum atomic E-state index is 13.1. The van der Waals surface area contributed by atoms with E-state index in [0.717, 1.165) is 37.1 Å². The lowest BCUT2D eigenvalue weighted by Gasteiger charge is -2.31. The van der Waals surface area contributed by atoms with E-state index >= 15 is 0 Å². The van der Waals surface area contributed by atoms with Crippen LogP contribution in [0.1, 0.15) is 60.6 Å². The Morgan fingerprint density at radius 2 is 1.94 bits per heavy atom. The average Bonchev–Trinajstić information content (AvgIpc) is 3.27. The number of hydrogen-bond acceptors (Lipinski definition) is 4. The standard InChI is InChI=1S/C27H34N4O3/c1-3-4-5-13-28-26(32)21-11-14-30(15-12-21)27(33)22-7-6-8-24(16-22)34-19-23-18-31-17-20(2)9-10-25(31)29-23/h6-10,16-18,21H,3-5,11-15,19H2,1-2H3,(H,28,32). The van der Waals surface area contributed by atoms with Gasteiger partial charge in [-0.05, 0) is 56.0 Å². The van der Waals surface area contributed by atoms with E-state index in [2.05, 4.69) is 17.2 Å². The molecule has 0 aliphatic carbocycles. The summed E-state index contributed by atoms with van der Waals surface area (Å²) in [6.07, 6.45) is 8.70. The first-order chi connectivity index (χ1) is 16.5. The molecule has 0 atom stereocenters. The van der Waals surface area contributed by atoms with E-state index in [9.17, 15) is 9.59 Å². The number of aryl methyl sites for hydroxylation is 1. The Kier molecular flexibility index (Phi) is 7.83. The minimum Gasteiger partial charge on any atom is -0.487 e. The molecule has 1 N–H and O–H groups in total. The fourth-order valence-corrected chi connectivity index (χ4v) is 4.36. The van der Waals surface area contributed by atoms with Crippen molar-refractivity contribution in [2.24, 2.45) is 5.92 Å². The van der Waals surface area contributed by atoms with Crippen LogP contribution in [0.5, 0.6) is 5.75 Å². The molecule has 3 aromatic rings. The van der Waals surface area contributed by atoms with Crippen LogP contribution in [0.25, 0.3) is 5.65 Å². The summed E-state index contributed by atoms with van der Waals surface area (Å²) in [5.41, 5.74) is 3.48. The van der Waals surface area contributed by atoms with E-state index in [1.165, 1.54) is 5.56 Å². The molecule has 3 heterocycles. The highest BCUT2D eigenvalue weighted by molar-refractivity contribution is 5.94. The highest BCUT2D eigenvalue weighted by Gasteiger charge is 2.27. The molecule has 180 valence electrons. The Morgan fingerprint density at radius 1 is 1.12 bits per heavy atom. The fourth-order valence-electron chi connectivity index (χ4n) is 4.36. The number of imidazole rings is 1. The number of likely N-dealkylation sites (tertiary alicyclic amines) is 1. The number of benzene rings is 1. The number of aromatic nitrogens is 2. The van der Waals surface area contributed by atoms with Gasteiger partial charge in [0.25, 0.3) is 5.91 Å². The van der Waals surface area contributed by atoms with Gasteiger partial charge in [0.1, 0.15) is 18.0 Å². The van der Waals surface area contributed by atoms with Crippen LogP contribution in [0.15, 0.2) is 48.8 Å². The molecule has 1 fully saturated rings. The molecule has 0 unspecified atom stereocenters. The van der Waals surface area contributed by atoms with Crippen LogP contribution in [0, 0.1) is 12.8 Å². The minimum atomic E-state index is -0.0181. The molecule has 7 heteroatoms. The summed E-state index contributed by atoms with van der Waals surface area (Å²) in [7, 11) is 0. The Balaban J connectivity index is 1.29. The number of nitrogens with one attached hydrogen (secondary N) is 1. The molecule has 0 spiro atoms. The summed E-state index contributed by atoms with van der Waals surface area (Å²) >= 11 is 0. The Bertz CT molecular complexity index is 1130. The number of carbonyl (C=O) groups is 2. The van der Waals surface area contributed by atoms with Gasteiger partial charge in [0.15, 0.2) is 0 Å². The lowest BCUT2D eigenvalue weighted by Crippen LogP contribution is -2.43. The van der Waals surface area contributed by atoms with Crippen LogP contribution in [0.3, 0.4) is 0 Å². The number of pyridine rings is 1. The van der Waals surface area contributed by atoms with Crippen molar-refractivity contribution in [3.05, 3.63) is 65.6 Å². The SMILES string of the molecule is CCCCCNC(=O)C1CCN(C(=O)c2cccc(OCc3cn4cc(C)ccc4n3)c2)CC1. The highest BCUT2D eigenvalue weighted by atomic mass is 16.5. The number of ether oxygens (including phenoxy) is 1. The zero-order valence-corrected chi connectivity index (χ0v) is 20.1.